The van der Waals surface area contributed by atoms with Crippen molar-refractivity contribution in [3.05, 3.63) is 82.3 Å². The molecule has 14 heteroatoms. The molecule has 0 radical (unpaired) electrons. The number of rotatable bonds is 12. The van der Waals surface area contributed by atoms with Gasteiger partial charge in [0.1, 0.15) is 22.9 Å². The third-order valence-electron chi connectivity index (χ3n) is 9.42. The van der Waals surface area contributed by atoms with Crippen LogP contribution < -0.4 is 26.2 Å². The van der Waals surface area contributed by atoms with Crippen LogP contribution in [0.5, 0.6) is 5.75 Å². The number of hydrogen-bond donors (Lipinski definition) is 4. The Labute approximate surface area is 308 Å². The highest BCUT2D eigenvalue weighted by atomic mass is 16.5. The minimum absolute atomic E-state index is 0.144. The second kappa shape index (κ2) is 17.3. The van der Waals surface area contributed by atoms with Crippen molar-refractivity contribution in [3.63, 3.8) is 0 Å². The number of H-pyrrole nitrogens is 1. The molecule has 4 amide bonds. The van der Waals surface area contributed by atoms with Gasteiger partial charge in [0.05, 0.1) is 23.3 Å². The van der Waals surface area contributed by atoms with Crippen LogP contribution in [0.25, 0.3) is 5.65 Å². The van der Waals surface area contributed by atoms with E-state index in [4.69, 9.17) is 9.72 Å². The minimum atomic E-state index is -0.463. The molecule has 0 spiro atoms. The van der Waals surface area contributed by atoms with Gasteiger partial charge in [0, 0.05) is 69.2 Å². The van der Waals surface area contributed by atoms with Crippen molar-refractivity contribution in [1.82, 2.24) is 29.6 Å². The Hall–Kier alpha value is -5.53. The molecular weight excluding hydrogens is 676 g/mol. The lowest BCUT2D eigenvalue weighted by Crippen LogP contribution is -2.39. The van der Waals surface area contributed by atoms with Crippen molar-refractivity contribution < 1.29 is 23.9 Å². The molecule has 14 nitrogen and oxygen atoms in total. The van der Waals surface area contributed by atoms with Crippen LogP contribution >= 0.6 is 0 Å². The smallest absolute Gasteiger partial charge is 0.271 e. The second-order valence-electron chi connectivity index (χ2n) is 14.1. The van der Waals surface area contributed by atoms with Crippen LogP contribution in [0.4, 0.5) is 11.5 Å². The van der Waals surface area contributed by atoms with E-state index in [0.717, 1.165) is 36.9 Å². The molecular formula is C39H48N8O6. The number of nitrogens with one attached hydrogen (secondary N) is 4. The average molecular weight is 725 g/mol. The van der Waals surface area contributed by atoms with E-state index in [9.17, 15) is 24.0 Å². The van der Waals surface area contributed by atoms with Gasteiger partial charge >= 0.3 is 0 Å². The van der Waals surface area contributed by atoms with Gasteiger partial charge in [-0.25, -0.2) is 9.97 Å². The van der Waals surface area contributed by atoms with E-state index in [2.05, 4.69) is 25.9 Å². The largest absolute Gasteiger partial charge is 0.490 e. The van der Waals surface area contributed by atoms with Crippen LogP contribution in [-0.2, 0) is 14.4 Å². The summed E-state index contributed by atoms with van der Waals surface area (Å²) in [5.41, 5.74) is 2.37. The molecule has 3 fully saturated rings. The molecule has 7 rings (SSSR count). The van der Waals surface area contributed by atoms with Gasteiger partial charge in [-0.2, -0.15) is 0 Å². The number of pyridine rings is 3. The lowest BCUT2D eigenvalue weighted by molar-refractivity contribution is -0.134. The van der Waals surface area contributed by atoms with Gasteiger partial charge in [-0.1, -0.05) is 25.3 Å². The summed E-state index contributed by atoms with van der Waals surface area (Å²) in [5, 5.41) is 8.32. The molecule has 2 saturated heterocycles. The first-order valence-electron chi connectivity index (χ1n) is 18.6. The predicted molar refractivity (Wildman–Crippen MR) is 200 cm³/mol. The number of piperidine rings is 2. The van der Waals surface area contributed by atoms with Crippen LogP contribution in [0.2, 0.25) is 0 Å². The number of likely N-dealkylation sites (tertiary alicyclic amines) is 1. The van der Waals surface area contributed by atoms with E-state index in [1.165, 1.54) is 31.5 Å². The summed E-state index contributed by atoms with van der Waals surface area (Å²) in [5.74, 6) is 0.0688. The van der Waals surface area contributed by atoms with E-state index < -0.39 is 11.5 Å². The fourth-order valence-electron chi connectivity index (χ4n) is 6.39. The molecule has 53 heavy (non-hydrogen) atoms. The number of fused-ring (bicyclic) bond motifs is 1. The number of nitrogens with zero attached hydrogens (tertiary/aromatic N) is 4. The summed E-state index contributed by atoms with van der Waals surface area (Å²) in [6, 6.07) is 8.62. The number of aromatic nitrogens is 4. The third kappa shape index (κ3) is 10.1. The Bertz CT molecular complexity index is 1970. The second-order valence-corrected chi connectivity index (χ2v) is 14.1. The predicted octanol–water partition coefficient (Wildman–Crippen LogP) is 5.14. The first-order chi connectivity index (χ1) is 25.6. The molecule has 280 valence electrons. The van der Waals surface area contributed by atoms with Crippen LogP contribution in [0.3, 0.4) is 0 Å². The van der Waals surface area contributed by atoms with Gasteiger partial charge in [-0.05, 0) is 69.7 Å². The molecule has 4 aromatic rings. The molecule has 4 N–H and O–H groups in total. The topological polar surface area (TPSA) is 180 Å². The summed E-state index contributed by atoms with van der Waals surface area (Å²) in [7, 11) is 0. The molecule has 1 saturated carbocycles. The summed E-state index contributed by atoms with van der Waals surface area (Å²) in [4.78, 5) is 75.6. The van der Waals surface area contributed by atoms with Crippen molar-refractivity contribution in [3.8, 4) is 5.75 Å². The summed E-state index contributed by atoms with van der Waals surface area (Å²) in [6.07, 6.45) is 15.5. The Morgan fingerprint density at radius 2 is 1.81 bits per heavy atom. The van der Waals surface area contributed by atoms with Gasteiger partial charge in [-0.3, -0.25) is 29.3 Å². The number of ether oxygens (including phenoxy) is 1. The van der Waals surface area contributed by atoms with E-state index in [1.54, 1.807) is 28.9 Å². The molecule has 1 aliphatic carbocycles. The number of unbranched alkanes of at least 4 members (excludes halogenated alkanes) is 1. The first-order valence-corrected chi connectivity index (χ1v) is 18.6. The molecule has 0 aromatic carbocycles. The van der Waals surface area contributed by atoms with Crippen molar-refractivity contribution in [2.75, 3.05) is 30.3 Å². The van der Waals surface area contributed by atoms with Crippen LogP contribution in [0.1, 0.15) is 112 Å². The molecule has 1 atom stereocenters. The number of amides is 4. The number of hydrogen-bond acceptors (Lipinski definition) is 9. The molecule has 0 bridgehead atoms. The SMILES string of the molecule is C1CC1.CC(C)Oc1cc2nc(C3CCN(C(=O)CCCCNc4ccc(C5CCC(=O)NC5=O)cn4)CC3)cn2cc1C(=O)Nc1ccc[nH]c1=O. The zero-order chi connectivity index (χ0) is 37.3. The molecule has 6 heterocycles. The Morgan fingerprint density at radius 1 is 1.02 bits per heavy atom. The maximum Gasteiger partial charge on any atom is 0.271 e. The summed E-state index contributed by atoms with van der Waals surface area (Å²) in [6.45, 7) is 5.73. The number of carbonyl (C=O) groups excluding carboxylic acids is 4. The molecule has 2 aliphatic heterocycles. The Kier molecular flexibility index (Phi) is 12.2. The van der Waals surface area contributed by atoms with Gasteiger partial charge in [-0.15, -0.1) is 0 Å². The molecule has 1 unspecified atom stereocenters. The van der Waals surface area contributed by atoms with Crippen LogP contribution in [-0.4, -0.2) is 73.6 Å². The number of anilines is 2. The van der Waals surface area contributed by atoms with Gasteiger partial charge in [0.25, 0.3) is 11.5 Å². The number of carbonyl (C=O) groups is 4. The Morgan fingerprint density at radius 3 is 2.49 bits per heavy atom. The van der Waals surface area contributed by atoms with E-state index >= 15 is 0 Å². The van der Waals surface area contributed by atoms with Crippen molar-refractivity contribution in [2.45, 2.75) is 96.0 Å². The normalized spacial score (nSPS) is 17.2. The quantitative estimate of drug-likeness (QED) is 0.114. The lowest BCUT2D eigenvalue weighted by atomic mass is 9.92. The van der Waals surface area contributed by atoms with Crippen LogP contribution in [0.15, 0.2) is 59.9 Å². The first kappa shape index (κ1) is 37.2. The van der Waals surface area contributed by atoms with Crippen molar-refractivity contribution >= 4 is 40.8 Å². The van der Waals surface area contributed by atoms with E-state index in [-0.39, 0.29) is 46.9 Å². The monoisotopic (exact) mass is 724 g/mol. The zero-order valence-corrected chi connectivity index (χ0v) is 30.4. The Balaban J connectivity index is 0.00000152. The van der Waals surface area contributed by atoms with Gasteiger partial charge < -0.3 is 29.7 Å². The molecule has 4 aromatic heterocycles. The minimum Gasteiger partial charge on any atom is -0.490 e. The highest BCUT2D eigenvalue weighted by Crippen LogP contribution is 2.31. The number of imidazole rings is 1. The van der Waals surface area contributed by atoms with Gasteiger partial charge in [0.15, 0.2) is 0 Å². The third-order valence-corrected chi connectivity index (χ3v) is 9.42. The van der Waals surface area contributed by atoms with E-state index in [1.807, 2.05) is 37.1 Å². The average Bonchev–Trinajstić information content (AvgIpc) is 3.98. The van der Waals surface area contributed by atoms with Crippen molar-refractivity contribution in [2.24, 2.45) is 0 Å². The standard InChI is InChI=1S/C36H42N8O6.C3H6/c1-22(2)50-29-18-31-40-28(21-44(31)20-26(29)35(48)41-27-6-5-15-38-36(27)49)23-12-16-43(17-13-23)33(46)7-3-4-14-37-30-10-8-24(19-39-30)25-9-11-32(45)42-34(25)47;1-2-3-1/h5-6,8,10,15,18-23,25H,3-4,7,9,11-14,16-17H2,1-2H3,(H,37,39)(H,38,49)(H,41,48)(H,42,45,47);1-3H2. The fourth-order valence-corrected chi connectivity index (χ4v) is 6.39. The molecule has 3 aliphatic rings. The fraction of sp³-hybridized carbons (Fsp3) is 0.462. The maximum atomic E-state index is 13.2. The van der Waals surface area contributed by atoms with Crippen molar-refractivity contribution in [1.29, 1.82) is 0 Å². The number of imide groups is 1. The highest BCUT2D eigenvalue weighted by molar-refractivity contribution is 6.06. The van der Waals surface area contributed by atoms with Crippen LogP contribution in [0, 0.1) is 0 Å². The lowest BCUT2D eigenvalue weighted by Gasteiger charge is -2.31. The highest BCUT2D eigenvalue weighted by Gasteiger charge is 2.28. The zero-order valence-electron chi connectivity index (χ0n) is 30.4. The summed E-state index contributed by atoms with van der Waals surface area (Å²) >= 11 is 0. The maximum absolute atomic E-state index is 13.2. The van der Waals surface area contributed by atoms with E-state index in [0.29, 0.717) is 56.1 Å². The number of aromatic amines is 1. The summed E-state index contributed by atoms with van der Waals surface area (Å²) < 4.78 is 7.77. The van der Waals surface area contributed by atoms with Gasteiger partial charge in [0.2, 0.25) is 17.7 Å².